The van der Waals surface area contributed by atoms with Crippen molar-refractivity contribution < 1.29 is 14.0 Å². The third kappa shape index (κ3) is 3.66. The SMILES string of the molecule is CCNc1cc(F)cc2c1NC(=O)C2(C)N1CCC[C@@H](N(C)c2ccc(C(N)=O)nc2)C1. The monoisotopic (exact) mass is 440 g/mol. The summed E-state index contributed by atoms with van der Waals surface area (Å²) in [7, 11) is 1.98. The van der Waals surface area contributed by atoms with E-state index in [1.807, 2.05) is 27.0 Å². The Morgan fingerprint density at radius 2 is 2.22 bits per heavy atom. The van der Waals surface area contributed by atoms with Crippen LogP contribution in [-0.2, 0) is 10.3 Å². The van der Waals surface area contributed by atoms with Crippen LogP contribution in [0.1, 0.15) is 42.7 Å². The highest BCUT2D eigenvalue weighted by Crippen LogP contribution is 2.45. The summed E-state index contributed by atoms with van der Waals surface area (Å²) in [5.74, 6) is -1.08. The van der Waals surface area contributed by atoms with Gasteiger partial charge in [0, 0.05) is 31.7 Å². The highest BCUT2D eigenvalue weighted by molar-refractivity contribution is 6.08. The van der Waals surface area contributed by atoms with E-state index in [0.717, 1.165) is 25.1 Å². The summed E-state index contributed by atoms with van der Waals surface area (Å²) in [4.78, 5) is 32.9. The number of amides is 2. The number of benzene rings is 1. The molecular weight excluding hydrogens is 411 g/mol. The molecule has 170 valence electrons. The predicted octanol–water partition coefficient (Wildman–Crippen LogP) is 2.52. The van der Waals surface area contributed by atoms with E-state index in [1.165, 1.54) is 12.1 Å². The molecule has 1 unspecified atom stereocenters. The van der Waals surface area contributed by atoms with Gasteiger partial charge in [0.1, 0.15) is 17.1 Å². The lowest BCUT2D eigenvalue weighted by Crippen LogP contribution is -2.56. The van der Waals surface area contributed by atoms with E-state index in [0.29, 0.717) is 30.0 Å². The number of primary amides is 1. The Morgan fingerprint density at radius 1 is 1.44 bits per heavy atom. The van der Waals surface area contributed by atoms with Crippen LogP contribution in [0.3, 0.4) is 0 Å². The van der Waals surface area contributed by atoms with Crippen molar-refractivity contribution in [2.75, 3.05) is 42.2 Å². The van der Waals surface area contributed by atoms with E-state index in [9.17, 15) is 14.0 Å². The zero-order valence-electron chi connectivity index (χ0n) is 18.6. The summed E-state index contributed by atoms with van der Waals surface area (Å²) >= 11 is 0. The summed E-state index contributed by atoms with van der Waals surface area (Å²) in [6.07, 6.45) is 3.48. The normalized spacial score (nSPS) is 22.9. The summed E-state index contributed by atoms with van der Waals surface area (Å²) < 4.78 is 14.5. The molecule has 2 aliphatic rings. The first-order valence-corrected chi connectivity index (χ1v) is 10.9. The second-order valence-corrected chi connectivity index (χ2v) is 8.55. The summed E-state index contributed by atoms with van der Waals surface area (Å²) in [5.41, 5.74) is 7.33. The van der Waals surface area contributed by atoms with Crippen LogP contribution in [0.15, 0.2) is 30.5 Å². The number of nitrogens with two attached hydrogens (primary N) is 1. The van der Waals surface area contributed by atoms with Crippen LogP contribution in [0.5, 0.6) is 0 Å². The minimum absolute atomic E-state index is 0.125. The molecule has 2 aromatic rings. The molecular formula is C23H29FN6O2. The molecule has 0 saturated carbocycles. The maximum Gasteiger partial charge on any atom is 0.267 e. The number of pyridine rings is 1. The number of hydrogen-bond acceptors (Lipinski definition) is 6. The van der Waals surface area contributed by atoms with Gasteiger partial charge in [-0.2, -0.15) is 0 Å². The molecule has 0 spiro atoms. The number of fused-ring (bicyclic) bond motifs is 1. The Bertz CT molecular complexity index is 1040. The predicted molar refractivity (Wildman–Crippen MR) is 122 cm³/mol. The summed E-state index contributed by atoms with van der Waals surface area (Å²) in [6.45, 7) is 5.80. The van der Waals surface area contributed by atoms with Crippen molar-refractivity contribution >= 4 is 28.9 Å². The lowest BCUT2D eigenvalue weighted by atomic mass is 9.88. The Labute approximate surface area is 187 Å². The standard InChI is InChI=1S/C23H29FN6O2/c1-4-26-19-11-14(24)10-17-20(19)28-22(32)23(17,2)30-9-5-6-16(13-30)29(3)15-7-8-18(21(25)31)27-12-15/h7-8,10-12,16,26H,4-6,9,13H2,1-3H3,(H2,25,31)(H,28,32)/t16-,23?/m1/s1. The van der Waals surface area contributed by atoms with Gasteiger partial charge in [0.15, 0.2) is 0 Å². The van der Waals surface area contributed by atoms with Gasteiger partial charge < -0.3 is 21.3 Å². The van der Waals surface area contributed by atoms with Gasteiger partial charge in [-0.3, -0.25) is 14.5 Å². The number of hydrogen-bond donors (Lipinski definition) is 3. The van der Waals surface area contributed by atoms with Crippen molar-refractivity contribution in [3.8, 4) is 0 Å². The van der Waals surface area contributed by atoms with Gasteiger partial charge in [0.2, 0.25) is 5.91 Å². The van der Waals surface area contributed by atoms with Crippen molar-refractivity contribution in [2.24, 2.45) is 5.73 Å². The minimum atomic E-state index is -0.963. The summed E-state index contributed by atoms with van der Waals surface area (Å²) in [5, 5.41) is 6.13. The van der Waals surface area contributed by atoms with Crippen LogP contribution >= 0.6 is 0 Å². The van der Waals surface area contributed by atoms with Gasteiger partial charge in [-0.15, -0.1) is 0 Å². The Balaban J connectivity index is 1.61. The number of likely N-dealkylation sites (N-methyl/N-ethyl adjacent to an activating group) is 1. The fraction of sp³-hybridized carbons (Fsp3) is 0.435. The van der Waals surface area contributed by atoms with Crippen LogP contribution < -0.4 is 21.3 Å². The van der Waals surface area contributed by atoms with Crippen LogP contribution in [0.4, 0.5) is 21.5 Å². The number of carbonyl (C=O) groups excluding carboxylic acids is 2. The van der Waals surface area contributed by atoms with Crippen molar-refractivity contribution in [1.82, 2.24) is 9.88 Å². The lowest BCUT2D eigenvalue weighted by Gasteiger charge is -2.45. The minimum Gasteiger partial charge on any atom is -0.384 e. The van der Waals surface area contributed by atoms with Gasteiger partial charge in [-0.25, -0.2) is 9.37 Å². The zero-order valence-corrected chi connectivity index (χ0v) is 18.6. The first-order chi connectivity index (χ1) is 15.3. The third-order valence-electron chi connectivity index (χ3n) is 6.66. The highest BCUT2D eigenvalue weighted by atomic mass is 19.1. The van der Waals surface area contributed by atoms with Crippen LogP contribution in [0.2, 0.25) is 0 Å². The molecule has 2 aliphatic heterocycles. The van der Waals surface area contributed by atoms with Crippen LogP contribution in [0, 0.1) is 5.82 Å². The molecule has 4 rings (SSSR count). The fourth-order valence-corrected chi connectivity index (χ4v) is 4.76. The molecule has 2 amide bonds. The van der Waals surface area contributed by atoms with Gasteiger partial charge >= 0.3 is 0 Å². The van der Waals surface area contributed by atoms with Gasteiger partial charge in [0.25, 0.3) is 5.91 Å². The van der Waals surface area contributed by atoms with Crippen molar-refractivity contribution in [1.29, 1.82) is 0 Å². The molecule has 1 saturated heterocycles. The first kappa shape index (κ1) is 22.0. The van der Waals surface area contributed by atoms with E-state index in [-0.39, 0.29) is 23.5 Å². The van der Waals surface area contributed by atoms with Gasteiger partial charge in [-0.05, 0) is 57.5 Å². The number of anilines is 3. The second kappa shape index (κ2) is 8.38. The number of carbonyl (C=O) groups is 2. The molecule has 0 aliphatic carbocycles. The van der Waals surface area contributed by atoms with E-state index in [2.05, 4.69) is 25.4 Å². The number of rotatable bonds is 6. The largest absolute Gasteiger partial charge is 0.384 e. The summed E-state index contributed by atoms with van der Waals surface area (Å²) in [6, 6.07) is 6.45. The van der Waals surface area contributed by atoms with Crippen molar-refractivity contribution in [3.63, 3.8) is 0 Å². The van der Waals surface area contributed by atoms with Crippen LogP contribution in [0.25, 0.3) is 0 Å². The number of aromatic nitrogens is 1. The quantitative estimate of drug-likeness (QED) is 0.638. The molecule has 8 nitrogen and oxygen atoms in total. The van der Waals surface area contributed by atoms with E-state index in [1.54, 1.807) is 12.3 Å². The van der Waals surface area contributed by atoms with Crippen molar-refractivity contribution in [3.05, 3.63) is 47.5 Å². The molecule has 32 heavy (non-hydrogen) atoms. The van der Waals surface area contributed by atoms with Crippen LogP contribution in [-0.4, -0.2) is 54.4 Å². The van der Waals surface area contributed by atoms with Crippen molar-refractivity contribution in [2.45, 2.75) is 38.3 Å². The Hall–Kier alpha value is -3.20. The Morgan fingerprint density at radius 3 is 2.88 bits per heavy atom. The third-order valence-corrected chi connectivity index (χ3v) is 6.66. The Kier molecular flexibility index (Phi) is 5.77. The molecule has 3 heterocycles. The van der Waals surface area contributed by atoms with Gasteiger partial charge in [0.05, 0.1) is 23.3 Å². The molecule has 0 radical (unpaired) electrons. The zero-order chi connectivity index (χ0) is 23.0. The lowest BCUT2D eigenvalue weighted by molar-refractivity contribution is -0.127. The average Bonchev–Trinajstić information content (AvgIpc) is 3.05. The smallest absolute Gasteiger partial charge is 0.267 e. The number of halogens is 1. The molecule has 0 bridgehead atoms. The second-order valence-electron chi connectivity index (χ2n) is 8.55. The number of nitrogens with zero attached hydrogens (tertiary/aromatic N) is 3. The molecule has 1 aromatic heterocycles. The number of piperidine rings is 1. The molecule has 4 N–H and O–H groups in total. The first-order valence-electron chi connectivity index (χ1n) is 10.9. The maximum atomic E-state index is 14.5. The molecule has 1 fully saturated rings. The number of nitrogens with one attached hydrogen (secondary N) is 2. The number of likely N-dealkylation sites (tertiary alicyclic amines) is 1. The molecule has 2 atom stereocenters. The van der Waals surface area contributed by atoms with E-state index >= 15 is 0 Å². The molecule has 9 heteroatoms. The topological polar surface area (TPSA) is 104 Å². The molecule has 1 aromatic carbocycles. The highest BCUT2D eigenvalue weighted by Gasteiger charge is 2.49. The maximum absolute atomic E-state index is 14.5. The average molecular weight is 441 g/mol. The fourth-order valence-electron chi connectivity index (χ4n) is 4.76. The van der Waals surface area contributed by atoms with E-state index in [4.69, 9.17) is 5.73 Å². The van der Waals surface area contributed by atoms with Gasteiger partial charge in [-0.1, -0.05) is 0 Å². The van der Waals surface area contributed by atoms with E-state index < -0.39 is 11.4 Å².